The van der Waals surface area contributed by atoms with Crippen molar-refractivity contribution < 1.29 is 23.8 Å². The van der Waals surface area contributed by atoms with Crippen LogP contribution in [0.25, 0.3) is 5.65 Å². The van der Waals surface area contributed by atoms with Crippen molar-refractivity contribution in [2.45, 2.75) is 45.9 Å². The second-order valence-corrected chi connectivity index (χ2v) is 9.35. The van der Waals surface area contributed by atoms with E-state index in [2.05, 4.69) is 25.6 Å². The number of fused-ring (bicyclic) bond motifs is 1. The molecule has 0 saturated carbocycles. The molecule has 0 bridgehead atoms. The highest BCUT2D eigenvalue weighted by atomic mass is 35.5. The number of nitrogens with one attached hydrogen (secondary N) is 1. The van der Waals surface area contributed by atoms with Gasteiger partial charge in [-0.1, -0.05) is 11.6 Å². The number of amides is 2. The first-order valence-corrected chi connectivity index (χ1v) is 11.3. The lowest BCUT2D eigenvalue weighted by Gasteiger charge is -2.24. The van der Waals surface area contributed by atoms with E-state index in [-0.39, 0.29) is 47.3 Å². The van der Waals surface area contributed by atoms with Gasteiger partial charge in [0.15, 0.2) is 5.65 Å². The summed E-state index contributed by atoms with van der Waals surface area (Å²) in [6, 6.07) is 2.70. The third-order valence-electron chi connectivity index (χ3n) is 4.70. The Hall–Kier alpha value is -3.71. The van der Waals surface area contributed by atoms with Crippen molar-refractivity contribution in [3.8, 4) is 5.88 Å². The van der Waals surface area contributed by atoms with Crippen LogP contribution in [0.1, 0.15) is 43.7 Å². The molecule has 0 radical (unpaired) electrons. The standard InChI is InChI=1S/C22H29ClN8O5/c1-12(10-35-11-13-7-15(24)20(34-6)29-28-13)26-19(32)14-9-25-31-17(8-16(23)27-18(14)31)30(5)21(33)36-22(2,3)4/h7-9,12H,10-11H2,1-6H3,(H2,24,28)(H,26,32)/t12-/m1/s1. The average Bonchev–Trinajstić information content (AvgIpc) is 3.20. The molecular weight excluding hydrogens is 492 g/mol. The minimum atomic E-state index is -0.693. The van der Waals surface area contributed by atoms with Crippen LogP contribution >= 0.6 is 11.6 Å². The first kappa shape index (κ1) is 26.9. The third kappa shape index (κ3) is 6.49. The molecule has 194 valence electrons. The first-order chi connectivity index (χ1) is 16.9. The van der Waals surface area contributed by atoms with Gasteiger partial charge >= 0.3 is 6.09 Å². The molecule has 0 aliphatic rings. The van der Waals surface area contributed by atoms with Crippen molar-refractivity contribution in [2.24, 2.45) is 0 Å². The maximum Gasteiger partial charge on any atom is 0.415 e. The summed E-state index contributed by atoms with van der Waals surface area (Å²) in [6.07, 6.45) is 0.741. The van der Waals surface area contributed by atoms with Crippen molar-refractivity contribution in [1.82, 2.24) is 30.1 Å². The minimum Gasteiger partial charge on any atom is -0.478 e. The molecule has 0 fully saturated rings. The zero-order chi connectivity index (χ0) is 26.6. The number of aromatic nitrogens is 5. The Balaban J connectivity index is 1.68. The first-order valence-electron chi connectivity index (χ1n) is 10.9. The van der Waals surface area contributed by atoms with Gasteiger partial charge in [0.1, 0.15) is 22.1 Å². The lowest BCUT2D eigenvalue weighted by atomic mass is 10.2. The molecule has 0 aliphatic carbocycles. The lowest BCUT2D eigenvalue weighted by molar-refractivity contribution is 0.0587. The Kier molecular flexibility index (Phi) is 8.15. The van der Waals surface area contributed by atoms with Crippen LogP contribution in [0.15, 0.2) is 18.3 Å². The highest BCUT2D eigenvalue weighted by Crippen LogP contribution is 2.23. The summed E-state index contributed by atoms with van der Waals surface area (Å²) in [6.45, 7) is 7.40. The summed E-state index contributed by atoms with van der Waals surface area (Å²) in [7, 11) is 2.97. The second kappa shape index (κ2) is 10.9. The van der Waals surface area contributed by atoms with Crippen molar-refractivity contribution in [3.63, 3.8) is 0 Å². The maximum absolute atomic E-state index is 12.9. The number of nitrogens with zero attached hydrogens (tertiary/aromatic N) is 6. The fraction of sp³-hybridized carbons (Fsp3) is 0.455. The van der Waals surface area contributed by atoms with Crippen LogP contribution in [0.4, 0.5) is 16.3 Å². The Morgan fingerprint density at radius 2 is 2.00 bits per heavy atom. The Morgan fingerprint density at radius 1 is 1.28 bits per heavy atom. The van der Waals surface area contributed by atoms with Crippen molar-refractivity contribution in [2.75, 3.05) is 31.4 Å². The predicted octanol–water partition coefficient (Wildman–Crippen LogP) is 2.47. The van der Waals surface area contributed by atoms with E-state index in [1.807, 2.05) is 0 Å². The summed E-state index contributed by atoms with van der Waals surface area (Å²) in [5.41, 5.74) is 6.36. The summed E-state index contributed by atoms with van der Waals surface area (Å²) in [5.74, 6) is 0.0896. The van der Waals surface area contributed by atoms with Crippen LogP contribution in [0.2, 0.25) is 5.15 Å². The van der Waals surface area contributed by atoms with Gasteiger partial charge in [0, 0.05) is 19.2 Å². The number of carbonyl (C=O) groups is 2. The van der Waals surface area contributed by atoms with E-state index in [1.165, 1.54) is 35.8 Å². The number of rotatable bonds is 8. The van der Waals surface area contributed by atoms with Gasteiger partial charge in [-0.3, -0.25) is 9.69 Å². The molecule has 36 heavy (non-hydrogen) atoms. The zero-order valence-corrected chi connectivity index (χ0v) is 21.7. The number of nitrogens with two attached hydrogens (primary N) is 1. The SMILES string of the molecule is COc1nnc(COC[C@@H](C)NC(=O)c2cnn3c(N(C)C(=O)OC(C)(C)C)cc(Cl)nc23)cc1N. The van der Waals surface area contributed by atoms with Crippen LogP contribution in [-0.4, -0.2) is 69.2 Å². The minimum absolute atomic E-state index is 0.0821. The predicted molar refractivity (Wildman–Crippen MR) is 132 cm³/mol. The molecule has 3 heterocycles. The summed E-state index contributed by atoms with van der Waals surface area (Å²) in [5, 5.41) is 15.0. The van der Waals surface area contributed by atoms with Crippen LogP contribution in [0.3, 0.4) is 0 Å². The molecule has 14 heteroatoms. The fourth-order valence-corrected chi connectivity index (χ4v) is 3.27. The van der Waals surface area contributed by atoms with Gasteiger partial charge in [0.05, 0.1) is 37.9 Å². The van der Waals surface area contributed by atoms with Crippen LogP contribution in [0.5, 0.6) is 5.88 Å². The molecule has 0 aliphatic heterocycles. The highest BCUT2D eigenvalue weighted by Gasteiger charge is 2.25. The van der Waals surface area contributed by atoms with Gasteiger partial charge in [0.25, 0.3) is 11.8 Å². The summed E-state index contributed by atoms with van der Waals surface area (Å²) in [4.78, 5) is 30.9. The number of anilines is 2. The van der Waals surface area contributed by atoms with E-state index in [9.17, 15) is 9.59 Å². The number of ether oxygens (including phenoxy) is 3. The topological polar surface area (TPSA) is 159 Å². The summed E-state index contributed by atoms with van der Waals surface area (Å²) >= 11 is 6.19. The fourth-order valence-electron chi connectivity index (χ4n) is 3.09. The number of hydrogen-bond donors (Lipinski definition) is 2. The monoisotopic (exact) mass is 520 g/mol. The molecule has 1 atom stereocenters. The molecule has 3 aromatic heterocycles. The zero-order valence-electron chi connectivity index (χ0n) is 20.9. The van der Waals surface area contributed by atoms with Gasteiger partial charge < -0.3 is 25.3 Å². The highest BCUT2D eigenvalue weighted by molar-refractivity contribution is 6.30. The van der Waals surface area contributed by atoms with Gasteiger partial charge in [-0.25, -0.2) is 9.78 Å². The van der Waals surface area contributed by atoms with Crippen molar-refractivity contribution in [3.05, 3.63) is 34.7 Å². The molecule has 3 rings (SSSR count). The smallest absolute Gasteiger partial charge is 0.415 e. The van der Waals surface area contributed by atoms with E-state index in [4.69, 9.17) is 31.5 Å². The van der Waals surface area contributed by atoms with Crippen LogP contribution in [0, 0.1) is 0 Å². The van der Waals surface area contributed by atoms with Gasteiger partial charge in [0.2, 0.25) is 0 Å². The van der Waals surface area contributed by atoms with E-state index < -0.39 is 17.6 Å². The van der Waals surface area contributed by atoms with Crippen molar-refractivity contribution in [1.29, 1.82) is 0 Å². The Labute approximate surface area is 212 Å². The molecule has 13 nitrogen and oxygen atoms in total. The molecular formula is C22H29ClN8O5. The van der Waals surface area contributed by atoms with Gasteiger partial charge in [-0.05, 0) is 33.8 Å². The number of carbonyl (C=O) groups excluding carboxylic acids is 2. The van der Waals surface area contributed by atoms with E-state index in [0.717, 1.165) is 0 Å². The van der Waals surface area contributed by atoms with Crippen molar-refractivity contribution >= 4 is 40.8 Å². The molecule has 0 spiro atoms. The number of methoxy groups -OCH3 is 1. The third-order valence-corrected chi connectivity index (χ3v) is 4.90. The quantitative estimate of drug-likeness (QED) is 0.422. The molecule has 3 aromatic rings. The Bertz CT molecular complexity index is 1260. The molecule has 0 aromatic carbocycles. The number of hydrogen-bond acceptors (Lipinski definition) is 10. The maximum atomic E-state index is 12.9. The lowest BCUT2D eigenvalue weighted by Crippen LogP contribution is -2.36. The van der Waals surface area contributed by atoms with Crippen LogP contribution < -0.4 is 20.7 Å². The number of nitrogen functional groups attached to an aromatic ring is 1. The molecule has 2 amide bonds. The van der Waals surface area contributed by atoms with E-state index >= 15 is 0 Å². The molecule has 3 N–H and O–H groups in total. The van der Waals surface area contributed by atoms with Gasteiger partial charge in [-0.2, -0.15) is 9.61 Å². The van der Waals surface area contributed by atoms with E-state index in [1.54, 1.807) is 33.8 Å². The normalized spacial score (nSPS) is 12.3. The number of halogens is 1. The van der Waals surface area contributed by atoms with Crippen LogP contribution in [-0.2, 0) is 16.1 Å². The van der Waals surface area contributed by atoms with Gasteiger partial charge in [-0.15, -0.1) is 10.2 Å². The second-order valence-electron chi connectivity index (χ2n) is 8.96. The molecule has 0 saturated heterocycles. The van der Waals surface area contributed by atoms with E-state index in [0.29, 0.717) is 11.4 Å². The Morgan fingerprint density at radius 3 is 2.64 bits per heavy atom. The average molecular weight is 521 g/mol. The largest absolute Gasteiger partial charge is 0.478 e. The summed E-state index contributed by atoms with van der Waals surface area (Å²) < 4.78 is 17.4. The molecule has 0 unspecified atom stereocenters.